The molecule has 1 aromatic carbocycles. The molecule has 6 nitrogen and oxygen atoms in total. The Balaban J connectivity index is 2.37. The van der Waals surface area contributed by atoms with Crippen molar-refractivity contribution < 1.29 is 8.42 Å². The molecule has 0 radical (unpaired) electrons. The fourth-order valence-electron chi connectivity index (χ4n) is 1.46. The third-order valence-electron chi connectivity index (χ3n) is 2.48. The number of nitrogens with two attached hydrogens (primary N) is 1. The maximum Gasteiger partial charge on any atom is 0.242 e. The van der Waals surface area contributed by atoms with Crippen LogP contribution in [0.2, 0.25) is 0 Å². The average Bonchev–Trinajstić information content (AvgIpc) is 2.76. The smallest absolute Gasteiger partial charge is 0.242 e. The number of benzene rings is 1. The number of aromatic nitrogens is 2. The molecule has 0 unspecified atom stereocenters. The van der Waals surface area contributed by atoms with Gasteiger partial charge in [0.25, 0.3) is 0 Å². The Morgan fingerprint density at radius 1 is 1.22 bits per heavy atom. The Kier molecular flexibility index (Phi) is 3.10. The second kappa shape index (κ2) is 4.43. The lowest BCUT2D eigenvalue weighted by Gasteiger charge is -2.11. The minimum atomic E-state index is -3.39. The maximum atomic E-state index is 11.9. The van der Waals surface area contributed by atoms with Crippen LogP contribution in [0.3, 0.4) is 0 Å². The van der Waals surface area contributed by atoms with Crippen LogP contribution in [0.4, 0.5) is 5.69 Å². The summed E-state index contributed by atoms with van der Waals surface area (Å²) in [6.07, 6.45) is 3.19. The van der Waals surface area contributed by atoms with Gasteiger partial charge < -0.3 is 5.73 Å². The summed E-state index contributed by atoms with van der Waals surface area (Å²) in [5.41, 5.74) is 6.88. The molecule has 2 N–H and O–H groups in total. The molecule has 0 amide bonds. The highest BCUT2D eigenvalue weighted by atomic mass is 32.2. The number of hydrogen-bond acceptors (Lipinski definition) is 4. The van der Waals surface area contributed by atoms with Crippen LogP contribution in [-0.4, -0.2) is 36.6 Å². The van der Waals surface area contributed by atoms with E-state index in [0.29, 0.717) is 5.69 Å². The first kappa shape index (κ1) is 12.6. The number of anilines is 1. The van der Waals surface area contributed by atoms with Crippen LogP contribution in [0.1, 0.15) is 0 Å². The zero-order chi connectivity index (χ0) is 13.3. The fourth-order valence-corrected chi connectivity index (χ4v) is 2.36. The van der Waals surface area contributed by atoms with Crippen molar-refractivity contribution in [2.24, 2.45) is 0 Å². The molecule has 0 aliphatic rings. The van der Waals surface area contributed by atoms with Crippen LogP contribution < -0.4 is 5.73 Å². The van der Waals surface area contributed by atoms with E-state index in [9.17, 15) is 8.42 Å². The molecular weight excluding hydrogens is 252 g/mol. The van der Waals surface area contributed by atoms with E-state index in [1.165, 1.54) is 24.6 Å². The second-order valence-corrected chi connectivity index (χ2v) is 6.15. The predicted molar refractivity (Wildman–Crippen MR) is 68.8 cm³/mol. The van der Waals surface area contributed by atoms with Gasteiger partial charge in [0.15, 0.2) is 0 Å². The van der Waals surface area contributed by atoms with Gasteiger partial charge in [-0.1, -0.05) is 0 Å². The summed E-state index contributed by atoms with van der Waals surface area (Å²) in [5, 5.41) is 4.04. The highest BCUT2D eigenvalue weighted by molar-refractivity contribution is 7.89. The van der Waals surface area contributed by atoms with Crippen molar-refractivity contribution in [1.82, 2.24) is 14.1 Å². The maximum absolute atomic E-state index is 11.9. The van der Waals surface area contributed by atoms with Crippen LogP contribution in [0.25, 0.3) is 5.69 Å². The van der Waals surface area contributed by atoms with Gasteiger partial charge in [0.1, 0.15) is 0 Å². The first-order valence-electron chi connectivity index (χ1n) is 5.24. The third kappa shape index (κ3) is 2.22. The summed E-state index contributed by atoms with van der Waals surface area (Å²) >= 11 is 0. The SMILES string of the molecule is CN(C)S(=O)(=O)c1ccc(-n2cc(N)cn2)cc1. The van der Waals surface area contributed by atoms with Crippen LogP contribution >= 0.6 is 0 Å². The standard InChI is InChI=1S/C11H14N4O2S/c1-14(2)18(16,17)11-5-3-10(4-6-11)15-8-9(12)7-13-15/h3-8H,12H2,1-2H3. The van der Waals surface area contributed by atoms with Crippen molar-refractivity contribution >= 4 is 15.7 Å². The molecule has 2 aromatic rings. The van der Waals surface area contributed by atoms with E-state index in [2.05, 4.69) is 5.10 Å². The molecule has 0 aliphatic heterocycles. The molecule has 0 saturated carbocycles. The fraction of sp³-hybridized carbons (Fsp3) is 0.182. The average molecular weight is 266 g/mol. The molecule has 18 heavy (non-hydrogen) atoms. The van der Waals surface area contributed by atoms with Crippen LogP contribution in [0, 0.1) is 0 Å². The lowest BCUT2D eigenvalue weighted by Crippen LogP contribution is -2.22. The van der Waals surface area contributed by atoms with Gasteiger partial charge in [-0.05, 0) is 24.3 Å². The molecule has 0 aliphatic carbocycles. The Bertz CT molecular complexity index is 644. The van der Waals surface area contributed by atoms with E-state index in [4.69, 9.17) is 5.73 Å². The number of nitrogens with zero attached hydrogens (tertiary/aromatic N) is 3. The van der Waals surface area contributed by atoms with Gasteiger partial charge in [0.2, 0.25) is 10.0 Å². The Hall–Kier alpha value is -1.86. The van der Waals surface area contributed by atoms with E-state index in [1.54, 1.807) is 35.1 Å². The molecule has 0 bridgehead atoms. The quantitative estimate of drug-likeness (QED) is 0.887. The minimum Gasteiger partial charge on any atom is -0.396 e. The van der Waals surface area contributed by atoms with Crippen LogP contribution in [0.5, 0.6) is 0 Å². The number of hydrogen-bond donors (Lipinski definition) is 1. The van der Waals surface area contributed by atoms with E-state index >= 15 is 0 Å². The summed E-state index contributed by atoms with van der Waals surface area (Å²) in [5.74, 6) is 0. The van der Waals surface area contributed by atoms with Gasteiger partial charge >= 0.3 is 0 Å². The number of sulfonamides is 1. The van der Waals surface area contributed by atoms with Gasteiger partial charge in [0.05, 0.1) is 28.7 Å². The van der Waals surface area contributed by atoms with Gasteiger partial charge in [-0.25, -0.2) is 17.4 Å². The molecule has 1 heterocycles. The second-order valence-electron chi connectivity index (χ2n) is 4.00. The third-order valence-corrected chi connectivity index (χ3v) is 4.31. The Labute approximate surface area is 106 Å². The lowest BCUT2D eigenvalue weighted by molar-refractivity contribution is 0.520. The molecule has 0 spiro atoms. The summed E-state index contributed by atoms with van der Waals surface area (Å²) in [7, 11) is -0.397. The van der Waals surface area contributed by atoms with Crippen molar-refractivity contribution in [1.29, 1.82) is 0 Å². The van der Waals surface area contributed by atoms with E-state index in [0.717, 1.165) is 5.69 Å². The number of nitrogen functional groups attached to an aromatic ring is 1. The van der Waals surface area contributed by atoms with Crippen molar-refractivity contribution in [3.8, 4) is 5.69 Å². The van der Waals surface area contributed by atoms with Gasteiger partial charge in [0, 0.05) is 14.1 Å². The normalized spacial score (nSPS) is 11.9. The van der Waals surface area contributed by atoms with Crippen LogP contribution in [-0.2, 0) is 10.0 Å². The highest BCUT2D eigenvalue weighted by Crippen LogP contribution is 2.16. The topological polar surface area (TPSA) is 81.2 Å². The summed E-state index contributed by atoms with van der Waals surface area (Å²) in [6, 6.07) is 6.46. The van der Waals surface area contributed by atoms with Gasteiger partial charge in [-0.15, -0.1) is 0 Å². The zero-order valence-electron chi connectivity index (χ0n) is 10.1. The molecule has 0 fully saturated rings. The largest absolute Gasteiger partial charge is 0.396 e. The van der Waals surface area contributed by atoms with E-state index in [-0.39, 0.29) is 4.90 Å². The Morgan fingerprint density at radius 2 is 1.83 bits per heavy atom. The number of rotatable bonds is 3. The molecule has 96 valence electrons. The first-order valence-corrected chi connectivity index (χ1v) is 6.68. The molecule has 7 heteroatoms. The molecular formula is C11H14N4O2S. The van der Waals surface area contributed by atoms with Crippen molar-refractivity contribution in [2.45, 2.75) is 4.90 Å². The van der Waals surface area contributed by atoms with Crippen molar-refractivity contribution in [3.63, 3.8) is 0 Å². The molecule has 0 saturated heterocycles. The van der Waals surface area contributed by atoms with Gasteiger partial charge in [-0.3, -0.25) is 0 Å². The van der Waals surface area contributed by atoms with E-state index in [1.807, 2.05) is 0 Å². The van der Waals surface area contributed by atoms with Crippen molar-refractivity contribution in [2.75, 3.05) is 19.8 Å². The Morgan fingerprint density at radius 3 is 2.28 bits per heavy atom. The molecule has 2 rings (SSSR count). The van der Waals surface area contributed by atoms with Crippen LogP contribution in [0.15, 0.2) is 41.6 Å². The zero-order valence-corrected chi connectivity index (χ0v) is 10.9. The minimum absolute atomic E-state index is 0.247. The highest BCUT2D eigenvalue weighted by Gasteiger charge is 2.16. The van der Waals surface area contributed by atoms with Crippen molar-refractivity contribution in [3.05, 3.63) is 36.7 Å². The molecule has 1 aromatic heterocycles. The monoisotopic (exact) mass is 266 g/mol. The summed E-state index contributed by atoms with van der Waals surface area (Å²) in [4.78, 5) is 0.247. The predicted octanol–water partition coefficient (Wildman–Crippen LogP) is 0.705. The summed E-state index contributed by atoms with van der Waals surface area (Å²) < 4.78 is 26.5. The lowest BCUT2D eigenvalue weighted by atomic mass is 10.3. The van der Waals surface area contributed by atoms with Gasteiger partial charge in [-0.2, -0.15) is 5.10 Å². The molecule has 0 atom stereocenters. The summed E-state index contributed by atoms with van der Waals surface area (Å²) in [6.45, 7) is 0. The first-order chi connectivity index (χ1) is 8.41. The van der Waals surface area contributed by atoms with E-state index < -0.39 is 10.0 Å².